The van der Waals surface area contributed by atoms with Crippen LogP contribution in [-0.4, -0.2) is 11.0 Å². The summed E-state index contributed by atoms with van der Waals surface area (Å²) in [6, 6.07) is 2.39. The van der Waals surface area contributed by atoms with Crippen LogP contribution in [0.1, 0.15) is 40.0 Å². The number of nitrogens with two attached hydrogens (primary N) is 1. The lowest BCUT2D eigenvalue weighted by Gasteiger charge is -2.43. The van der Waals surface area contributed by atoms with Crippen LogP contribution in [0.25, 0.3) is 0 Å². The molecule has 19 heavy (non-hydrogen) atoms. The Hall–Kier alpha value is -0.770. The third-order valence-electron chi connectivity index (χ3n) is 5.41. The molecule has 2 aliphatic carbocycles. The molecule has 2 saturated carbocycles. The first kappa shape index (κ1) is 13.2. The van der Waals surface area contributed by atoms with Crippen molar-refractivity contribution < 1.29 is 0 Å². The molecule has 1 aromatic rings. The Labute approximate surface area is 123 Å². The van der Waals surface area contributed by atoms with Gasteiger partial charge in [-0.3, -0.25) is 0 Å². The molecule has 2 fully saturated rings. The van der Waals surface area contributed by atoms with E-state index in [1.165, 1.54) is 19.3 Å². The summed E-state index contributed by atoms with van der Waals surface area (Å²) in [5, 5.41) is 3.69. The third-order valence-corrected chi connectivity index (χ3v) is 6.02. The normalized spacial score (nSPS) is 35.6. The fraction of sp³-hybridized carbons (Fsp3) is 0.667. The standard InChI is InChI=1S/C15H22BrN3/c1-14(2)9-4-5-15(3,7-9)13(14)19-12-11(16)6-10(17)8-18-12/h6,8-9,13H,4-5,7,17H2,1-3H3,(H,18,19). The number of nitrogens with zero attached hydrogens (tertiary/aromatic N) is 1. The van der Waals surface area contributed by atoms with E-state index in [1.54, 1.807) is 6.20 Å². The number of rotatable bonds is 2. The zero-order valence-electron chi connectivity index (χ0n) is 11.8. The highest BCUT2D eigenvalue weighted by Crippen LogP contribution is 2.63. The Bertz CT molecular complexity index is 509. The average Bonchev–Trinajstić information content (AvgIpc) is 2.78. The average molecular weight is 324 g/mol. The molecule has 0 spiro atoms. The van der Waals surface area contributed by atoms with E-state index in [4.69, 9.17) is 5.73 Å². The Morgan fingerprint density at radius 3 is 2.74 bits per heavy atom. The van der Waals surface area contributed by atoms with Crippen LogP contribution in [0.2, 0.25) is 0 Å². The highest BCUT2D eigenvalue weighted by molar-refractivity contribution is 9.10. The number of hydrogen-bond donors (Lipinski definition) is 2. The van der Waals surface area contributed by atoms with Crippen molar-refractivity contribution in [2.75, 3.05) is 11.1 Å². The summed E-state index contributed by atoms with van der Waals surface area (Å²) >= 11 is 3.56. The van der Waals surface area contributed by atoms with E-state index in [0.29, 0.717) is 22.6 Å². The first-order valence-corrected chi connectivity index (χ1v) is 7.80. The van der Waals surface area contributed by atoms with Gasteiger partial charge in [0.2, 0.25) is 0 Å². The van der Waals surface area contributed by atoms with Crippen LogP contribution in [0.4, 0.5) is 11.5 Å². The summed E-state index contributed by atoms with van der Waals surface area (Å²) in [5.74, 6) is 1.75. The fourth-order valence-electron chi connectivity index (χ4n) is 4.36. The maximum atomic E-state index is 5.76. The fourth-order valence-corrected chi connectivity index (χ4v) is 4.84. The maximum absolute atomic E-state index is 5.76. The van der Waals surface area contributed by atoms with Crippen molar-refractivity contribution in [1.29, 1.82) is 0 Å². The van der Waals surface area contributed by atoms with Crippen LogP contribution in [-0.2, 0) is 0 Å². The predicted molar refractivity (Wildman–Crippen MR) is 83.0 cm³/mol. The Kier molecular flexibility index (Phi) is 2.86. The van der Waals surface area contributed by atoms with Crippen molar-refractivity contribution in [3.63, 3.8) is 0 Å². The van der Waals surface area contributed by atoms with Crippen molar-refractivity contribution in [2.24, 2.45) is 16.7 Å². The van der Waals surface area contributed by atoms with E-state index in [-0.39, 0.29) is 0 Å². The van der Waals surface area contributed by atoms with E-state index >= 15 is 0 Å². The van der Waals surface area contributed by atoms with E-state index in [2.05, 4.69) is 47.0 Å². The molecule has 3 unspecified atom stereocenters. The molecule has 2 aliphatic rings. The lowest BCUT2D eigenvalue weighted by atomic mass is 9.68. The number of aromatic nitrogens is 1. The number of halogens is 1. The second-order valence-corrected chi connectivity index (χ2v) is 7.95. The van der Waals surface area contributed by atoms with E-state index in [0.717, 1.165) is 16.2 Å². The maximum Gasteiger partial charge on any atom is 0.140 e. The minimum Gasteiger partial charge on any atom is -0.397 e. The predicted octanol–water partition coefficient (Wildman–Crippen LogP) is 4.05. The lowest BCUT2D eigenvalue weighted by Crippen LogP contribution is -2.46. The minimum absolute atomic E-state index is 0.329. The van der Waals surface area contributed by atoms with Crippen molar-refractivity contribution in [2.45, 2.75) is 46.1 Å². The molecule has 3 nitrogen and oxygen atoms in total. The molecule has 3 atom stereocenters. The highest BCUT2D eigenvalue weighted by Gasteiger charge is 2.59. The first-order valence-electron chi connectivity index (χ1n) is 7.00. The number of nitrogen functional groups attached to an aromatic ring is 1. The van der Waals surface area contributed by atoms with Crippen molar-refractivity contribution in [3.05, 3.63) is 16.7 Å². The first-order chi connectivity index (χ1) is 8.83. The Morgan fingerprint density at radius 2 is 2.16 bits per heavy atom. The summed E-state index contributed by atoms with van der Waals surface area (Å²) in [6.07, 6.45) is 5.75. The van der Waals surface area contributed by atoms with Gasteiger partial charge in [-0.25, -0.2) is 4.98 Å². The third kappa shape index (κ3) is 1.95. The number of pyridine rings is 1. The molecule has 1 aromatic heterocycles. The lowest BCUT2D eigenvalue weighted by molar-refractivity contribution is 0.155. The van der Waals surface area contributed by atoms with E-state index in [9.17, 15) is 0 Å². The molecule has 0 amide bonds. The van der Waals surface area contributed by atoms with Gasteiger partial charge in [0.1, 0.15) is 5.82 Å². The number of anilines is 2. The zero-order chi connectivity index (χ0) is 13.8. The molecule has 2 bridgehead atoms. The second-order valence-electron chi connectivity index (χ2n) is 7.09. The van der Waals surface area contributed by atoms with Crippen molar-refractivity contribution in [1.82, 2.24) is 4.98 Å². The van der Waals surface area contributed by atoms with Gasteiger partial charge in [0, 0.05) is 6.04 Å². The van der Waals surface area contributed by atoms with Gasteiger partial charge < -0.3 is 11.1 Å². The van der Waals surface area contributed by atoms with E-state index in [1.807, 2.05) is 6.07 Å². The number of fused-ring (bicyclic) bond motifs is 2. The second kappa shape index (κ2) is 4.11. The van der Waals surface area contributed by atoms with Crippen LogP contribution in [0.3, 0.4) is 0 Å². The molecule has 0 aromatic carbocycles. The molecule has 1 heterocycles. The van der Waals surface area contributed by atoms with Crippen molar-refractivity contribution >= 4 is 27.4 Å². The molecule has 3 rings (SSSR count). The SMILES string of the molecule is CC12CCC(C1)C(C)(C)C2Nc1ncc(N)cc1Br. The Balaban J connectivity index is 1.90. The van der Waals surface area contributed by atoms with Gasteiger partial charge in [-0.05, 0) is 58.0 Å². The summed E-state index contributed by atoms with van der Waals surface area (Å²) in [5.41, 5.74) is 7.17. The molecule has 0 saturated heterocycles. The zero-order valence-corrected chi connectivity index (χ0v) is 13.4. The summed E-state index contributed by atoms with van der Waals surface area (Å²) in [7, 11) is 0. The van der Waals surface area contributed by atoms with Crippen LogP contribution in [0.5, 0.6) is 0 Å². The topological polar surface area (TPSA) is 50.9 Å². The molecule has 4 heteroatoms. The smallest absolute Gasteiger partial charge is 0.140 e. The minimum atomic E-state index is 0.329. The molecular weight excluding hydrogens is 302 g/mol. The van der Waals surface area contributed by atoms with Gasteiger partial charge >= 0.3 is 0 Å². The number of nitrogens with one attached hydrogen (secondary N) is 1. The quantitative estimate of drug-likeness (QED) is 0.863. The Morgan fingerprint density at radius 1 is 1.42 bits per heavy atom. The van der Waals surface area contributed by atoms with Gasteiger partial charge in [-0.1, -0.05) is 20.8 Å². The summed E-state index contributed by atoms with van der Waals surface area (Å²) in [4.78, 5) is 4.44. The van der Waals surface area contributed by atoms with Gasteiger partial charge in [0.05, 0.1) is 16.4 Å². The van der Waals surface area contributed by atoms with Crippen LogP contribution < -0.4 is 11.1 Å². The van der Waals surface area contributed by atoms with Crippen molar-refractivity contribution in [3.8, 4) is 0 Å². The monoisotopic (exact) mass is 323 g/mol. The van der Waals surface area contributed by atoms with E-state index < -0.39 is 0 Å². The van der Waals surface area contributed by atoms with Gasteiger partial charge in [-0.2, -0.15) is 0 Å². The molecular formula is C15H22BrN3. The summed E-state index contributed by atoms with van der Waals surface area (Å²) < 4.78 is 0.953. The number of hydrogen-bond acceptors (Lipinski definition) is 3. The molecule has 0 aliphatic heterocycles. The van der Waals surface area contributed by atoms with Crippen LogP contribution in [0, 0.1) is 16.7 Å². The van der Waals surface area contributed by atoms with Gasteiger partial charge in [-0.15, -0.1) is 0 Å². The van der Waals surface area contributed by atoms with Crippen LogP contribution >= 0.6 is 15.9 Å². The largest absolute Gasteiger partial charge is 0.397 e. The molecule has 3 N–H and O–H groups in total. The van der Waals surface area contributed by atoms with Gasteiger partial charge in [0.15, 0.2) is 0 Å². The molecule has 104 valence electrons. The summed E-state index contributed by atoms with van der Waals surface area (Å²) in [6.45, 7) is 7.21. The van der Waals surface area contributed by atoms with Gasteiger partial charge in [0.25, 0.3) is 0 Å². The van der Waals surface area contributed by atoms with Crippen LogP contribution in [0.15, 0.2) is 16.7 Å². The molecule has 0 radical (unpaired) electrons. The highest BCUT2D eigenvalue weighted by atomic mass is 79.9.